The first-order valence-corrected chi connectivity index (χ1v) is 7.29. The summed E-state index contributed by atoms with van der Waals surface area (Å²) in [4.78, 5) is 13.8. The van der Waals surface area contributed by atoms with Gasteiger partial charge < -0.3 is 19.7 Å². The molecule has 0 bridgehead atoms. The molecule has 1 saturated heterocycles. The maximum absolute atomic E-state index is 13.6. The third-order valence-corrected chi connectivity index (χ3v) is 3.61. The second-order valence-electron chi connectivity index (χ2n) is 5.36. The van der Waals surface area contributed by atoms with Crippen molar-refractivity contribution in [3.05, 3.63) is 24.0 Å². The van der Waals surface area contributed by atoms with Crippen molar-refractivity contribution in [2.75, 3.05) is 32.1 Å². The second kappa shape index (κ2) is 8.05. The minimum atomic E-state index is -3.10. The number of hydrogen-bond donors (Lipinski definition) is 1. The summed E-state index contributed by atoms with van der Waals surface area (Å²) >= 11 is 0. The molecule has 1 N–H and O–H groups in total. The van der Waals surface area contributed by atoms with Gasteiger partial charge in [-0.05, 0) is 25.0 Å². The first-order valence-electron chi connectivity index (χ1n) is 7.29. The lowest BCUT2D eigenvalue weighted by molar-refractivity contribution is -0.0521. The molecule has 128 valence electrons. The summed E-state index contributed by atoms with van der Waals surface area (Å²) in [6.07, 6.45) is 1.86. The average Bonchev–Trinajstić information content (AvgIpc) is 2.50. The predicted molar refractivity (Wildman–Crippen MR) is 78.2 cm³/mol. The van der Waals surface area contributed by atoms with Gasteiger partial charge in [-0.1, -0.05) is 0 Å². The molecule has 1 heterocycles. The number of hydrogen-bond acceptors (Lipinski definition) is 3. The molecule has 2 amide bonds. The summed E-state index contributed by atoms with van der Waals surface area (Å²) in [6.45, 7) is -1.34. The van der Waals surface area contributed by atoms with Gasteiger partial charge in [0.15, 0.2) is 11.6 Å². The van der Waals surface area contributed by atoms with E-state index in [1.165, 1.54) is 6.07 Å². The van der Waals surface area contributed by atoms with Gasteiger partial charge in [-0.25, -0.2) is 9.18 Å². The zero-order chi connectivity index (χ0) is 16.8. The van der Waals surface area contributed by atoms with Crippen molar-refractivity contribution in [3.63, 3.8) is 0 Å². The van der Waals surface area contributed by atoms with E-state index in [-0.39, 0.29) is 17.6 Å². The summed E-state index contributed by atoms with van der Waals surface area (Å²) in [5.74, 6) is -1.24. The van der Waals surface area contributed by atoms with Crippen molar-refractivity contribution in [3.8, 4) is 5.75 Å². The number of urea groups is 1. The van der Waals surface area contributed by atoms with Crippen LogP contribution < -0.4 is 10.1 Å². The zero-order valence-electron chi connectivity index (χ0n) is 12.7. The van der Waals surface area contributed by atoms with E-state index < -0.39 is 18.2 Å². The van der Waals surface area contributed by atoms with Crippen molar-refractivity contribution in [1.29, 1.82) is 0 Å². The summed E-state index contributed by atoms with van der Waals surface area (Å²) < 4.78 is 46.9. The van der Waals surface area contributed by atoms with Gasteiger partial charge in [-0.3, -0.25) is 0 Å². The van der Waals surface area contributed by atoms with Crippen LogP contribution in [0.2, 0.25) is 0 Å². The SMILES string of the molecule is COC[C@H]1CCCN(C(=O)Nc2ccc(OC(F)F)c(F)c2)C1. The smallest absolute Gasteiger partial charge is 0.387 e. The number of piperidine rings is 1. The van der Waals surface area contributed by atoms with Gasteiger partial charge in [0, 0.05) is 37.9 Å². The lowest BCUT2D eigenvalue weighted by atomic mass is 9.99. The van der Waals surface area contributed by atoms with Gasteiger partial charge in [0.2, 0.25) is 0 Å². The van der Waals surface area contributed by atoms with Gasteiger partial charge in [0.05, 0.1) is 6.61 Å². The van der Waals surface area contributed by atoms with E-state index in [2.05, 4.69) is 10.1 Å². The van der Waals surface area contributed by atoms with Crippen LogP contribution in [0.5, 0.6) is 5.75 Å². The Kier molecular flexibility index (Phi) is 6.09. The van der Waals surface area contributed by atoms with E-state index in [0.717, 1.165) is 25.0 Å². The van der Waals surface area contributed by atoms with Crippen LogP contribution in [0.15, 0.2) is 18.2 Å². The normalized spacial score (nSPS) is 18.1. The lowest BCUT2D eigenvalue weighted by Crippen LogP contribution is -2.43. The van der Waals surface area contributed by atoms with Crippen LogP contribution in [0.3, 0.4) is 0 Å². The number of carbonyl (C=O) groups is 1. The highest BCUT2D eigenvalue weighted by Gasteiger charge is 2.23. The van der Waals surface area contributed by atoms with E-state index >= 15 is 0 Å². The van der Waals surface area contributed by atoms with Crippen LogP contribution in [-0.4, -0.2) is 44.3 Å². The lowest BCUT2D eigenvalue weighted by Gasteiger charge is -2.32. The Labute approximate surface area is 132 Å². The van der Waals surface area contributed by atoms with E-state index in [9.17, 15) is 18.0 Å². The van der Waals surface area contributed by atoms with Gasteiger partial charge >= 0.3 is 12.6 Å². The molecule has 2 rings (SSSR count). The van der Waals surface area contributed by atoms with Gasteiger partial charge in [0.25, 0.3) is 0 Å². The van der Waals surface area contributed by atoms with Gasteiger partial charge in [-0.15, -0.1) is 0 Å². The van der Waals surface area contributed by atoms with Crippen molar-refractivity contribution in [2.24, 2.45) is 5.92 Å². The molecular formula is C15H19F3N2O3. The number of methoxy groups -OCH3 is 1. The summed E-state index contributed by atoms with van der Waals surface area (Å²) in [7, 11) is 1.62. The Morgan fingerprint density at radius 3 is 2.91 bits per heavy atom. The van der Waals surface area contributed by atoms with Gasteiger partial charge in [-0.2, -0.15) is 8.78 Å². The number of rotatable bonds is 5. The monoisotopic (exact) mass is 332 g/mol. The fraction of sp³-hybridized carbons (Fsp3) is 0.533. The third kappa shape index (κ3) is 5.02. The van der Waals surface area contributed by atoms with Crippen molar-refractivity contribution >= 4 is 11.7 Å². The zero-order valence-corrected chi connectivity index (χ0v) is 12.7. The number of anilines is 1. The van der Waals surface area contributed by atoms with E-state index in [1.54, 1.807) is 12.0 Å². The first-order chi connectivity index (χ1) is 11.0. The molecule has 8 heteroatoms. The molecule has 5 nitrogen and oxygen atoms in total. The minimum absolute atomic E-state index is 0.183. The molecule has 0 saturated carbocycles. The van der Waals surface area contributed by atoms with E-state index in [0.29, 0.717) is 19.7 Å². The number of alkyl halides is 2. The highest BCUT2D eigenvalue weighted by Crippen LogP contribution is 2.24. The largest absolute Gasteiger partial charge is 0.432 e. The number of nitrogens with one attached hydrogen (secondary N) is 1. The van der Waals surface area contributed by atoms with Crippen LogP contribution in [-0.2, 0) is 4.74 Å². The molecule has 23 heavy (non-hydrogen) atoms. The Morgan fingerprint density at radius 2 is 2.26 bits per heavy atom. The molecule has 0 spiro atoms. The number of halogens is 3. The molecule has 0 radical (unpaired) electrons. The van der Waals surface area contributed by atoms with Crippen LogP contribution >= 0.6 is 0 Å². The van der Waals surface area contributed by atoms with E-state index in [4.69, 9.17) is 4.74 Å². The standard InChI is InChI=1S/C15H19F3N2O3/c1-22-9-10-3-2-6-20(8-10)15(21)19-11-4-5-13(12(16)7-11)23-14(17)18/h4-5,7,10,14H,2-3,6,8-9H2,1H3,(H,19,21)/t10-/m0/s1. The van der Waals surface area contributed by atoms with Crippen molar-refractivity contribution in [1.82, 2.24) is 4.90 Å². The topological polar surface area (TPSA) is 50.8 Å². The Morgan fingerprint density at radius 1 is 1.48 bits per heavy atom. The fourth-order valence-electron chi connectivity index (χ4n) is 2.59. The summed E-state index contributed by atoms with van der Waals surface area (Å²) in [5.41, 5.74) is 0.183. The Hall–Kier alpha value is -1.96. The van der Waals surface area contributed by atoms with Crippen molar-refractivity contribution < 1.29 is 27.4 Å². The van der Waals surface area contributed by atoms with Gasteiger partial charge in [0.1, 0.15) is 0 Å². The maximum atomic E-state index is 13.6. The number of carbonyl (C=O) groups excluding carboxylic acids is 1. The molecule has 0 aliphatic carbocycles. The number of amides is 2. The first kappa shape index (κ1) is 17.4. The summed E-state index contributed by atoms with van der Waals surface area (Å²) in [6, 6.07) is 2.97. The van der Waals surface area contributed by atoms with Crippen LogP contribution in [0.4, 0.5) is 23.7 Å². The predicted octanol–water partition coefficient (Wildman–Crippen LogP) is 3.32. The third-order valence-electron chi connectivity index (χ3n) is 3.61. The molecule has 1 aliphatic rings. The van der Waals surface area contributed by atoms with Crippen molar-refractivity contribution in [2.45, 2.75) is 19.5 Å². The van der Waals surface area contributed by atoms with E-state index in [1.807, 2.05) is 0 Å². The highest BCUT2D eigenvalue weighted by atomic mass is 19.3. The number of likely N-dealkylation sites (tertiary alicyclic amines) is 1. The molecule has 1 aromatic rings. The highest BCUT2D eigenvalue weighted by molar-refractivity contribution is 5.89. The molecule has 0 aromatic heterocycles. The van der Waals surface area contributed by atoms with Crippen LogP contribution in [0, 0.1) is 11.7 Å². The molecule has 1 fully saturated rings. The molecular weight excluding hydrogens is 313 g/mol. The maximum Gasteiger partial charge on any atom is 0.387 e. The molecule has 1 atom stereocenters. The Balaban J connectivity index is 1.95. The molecule has 1 aliphatic heterocycles. The second-order valence-corrected chi connectivity index (χ2v) is 5.36. The van der Waals surface area contributed by atoms with Crippen LogP contribution in [0.25, 0.3) is 0 Å². The molecule has 1 aromatic carbocycles. The quantitative estimate of drug-likeness (QED) is 0.900. The Bertz CT molecular complexity index is 541. The molecule has 0 unspecified atom stereocenters. The number of nitrogens with zero attached hydrogens (tertiary/aromatic N) is 1. The number of benzene rings is 1. The minimum Gasteiger partial charge on any atom is -0.432 e. The fourth-order valence-corrected chi connectivity index (χ4v) is 2.59. The number of ether oxygens (including phenoxy) is 2. The average molecular weight is 332 g/mol. The summed E-state index contributed by atoms with van der Waals surface area (Å²) in [5, 5.41) is 2.56. The van der Waals surface area contributed by atoms with Crippen LogP contribution in [0.1, 0.15) is 12.8 Å².